The van der Waals surface area contributed by atoms with Gasteiger partial charge in [-0.1, -0.05) is 17.7 Å². The van der Waals surface area contributed by atoms with E-state index < -0.39 is 15.9 Å². The zero-order chi connectivity index (χ0) is 22.8. The molecule has 0 aliphatic carbocycles. The van der Waals surface area contributed by atoms with E-state index in [-0.39, 0.29) is 12.5 Å². The first kappa shape index (κ1) is 23.1. The van der Waals surface area contributed by atoms with Crippen molar-refractivity contribution >= 4 is 21.6 Å². The Labute approximate surface area is 184 Å². The maximum Gasteiger partial charge on any atom is 0.243 e. The maximum atomic E-state index is 13.4. The van der Waals surface area contributed by atoms with Crippen LogP contribution in [0.4, 0.5) is 5.69 Å². The lowest BCUT2D eigenvalue weighted by molar-refractivity contribution is -0.120. The molecule has 0 spiro atoms. The smallest absolute Gasteiger partial charge is 0.243 e. The minimum Gasteiger partial charge on any atom is -0.497 e. The summed E-state index contributed by atoms with van der Waals surface area (Å²) in [5.74, 6) is 0.420. The Balaban J connectivity index is 1.82. The predicted molar refractivity (Wildman–Crippen MR) is 120 cm³/mol. The number of ether oxygens (including phenoxy) is 2. The van der Waals surface area contributed by atoms with E-state index in [4.69, 9.17) is 9.47 Å². The summed E-state index contributed by atoms with van der Waals surface area (Å²) in [7, 11) is -0.620. The van der Waals surface area contributed by atoms with Gasteiger partial charge in [0.05, 0.1) is 30.7 Å². The number of hydrogen-bond donors (Lipinski definition) is 1. The second-order valence-electron chi connectivity index (χ2n) is 7.99. The van der Waals surface area contributed by atoms with Crippen molar-refractivity contribution in [2.75, 3.05) is 32.6 Å². The molecule has 7 nitrogen and oxygen atoms in total. The molecule has 1 aliphatic heterocycles. The number of benzene rings is 2. The number of hydrogen-bond acceptors (Lipinski definition) is 5. The summed E-state index contributed by atoms with van der Waals surface area (Å²) in [6, 6.07) is 8.91. The molecule has 3 rings (SSSR count). The van der Waals surface area contributed by atoms with Crippen LogP contribution < -0.4 is 14.8 Å². The van der Waals surface area contributed by atoms with Crippen molar-refractivity contribution in [1.29, 1.82) is 0 Å². The quantitative estimate of drug-likeness (QED) is 0.732. The van der Waals surface area contributed by atoms with Crippen LogP contribution in [0.2, 0.25) is 0 Å². The Morgan fingerprint density at radius 3 is 2.35 bits per heavy atom. The Bertz CT molecular complexity index is 1060. The number of anilines is 1. The summed E-state index contributed by atoms with van der Waals surface area (Å²) in [4.78, 5) is 13.3. The fraction of sp³-hybridized carbons (Fsp3) is 0.435. The summed E-state index contributed by atoms with van der Waals surface area (Å²) in [5, 5.41) is 2.88. The lowest BCUT2D eigenvalue weighted by Crippen LogP contribution is -2.44. The van der Waals surface area contributed by atoms with Gasteiger partial charge in [-0.15, -0.1) is 0 Å². The van der Waals surface area contributed by atoms with Crippen molar-refractivity contribution in [2.24, 2.45) is 5.92 Å². The molecule has 1 N–H and O–H groups in total. The second-order valence-corrected chi connectivity index (χ2v) is 9.86. The maximum absolute atomic E-state index is 13.4. The Morgan fingerprint density at radius 2 is 1.74 bits per heavy atom. The number of sulfonamides is 1. The van der Waals surface area contributed by atoms with Gasteiger partial charge < -0.3 is 14.8 Å². The van der Waals surface area contributed by atoms with Crippen LogP contribution in [0.1, 0.15) is 29.5 Å². The topological polar surface area (TPSA) is 84.9 Å². The molecular formula is C23H30N2O5S. The van der Waals surface area contributed by atoms with Gasteiger partial charge in [0.2, 0.25) is 15.9 Å². The van der Waals surface area contributed by atoms with Crippen molar-refractivity contribution in [1.82, 2.24) is 4.31 Å². The molecule has 1 fully saturated rings. The summed E-state index contributed by atoms with van der Waals surface area (Å²) >= 11 is 0. The molecule has 1 heterocycles. The van der Waals surface area contributed by atoms with Crippen molar-refractivity contribution in [2.45, 2.75) is 38.5 Å². The minimum atomic E-state index is -3.69. The zero-order valence-electron chi connectivity index (χ0n) is 18.7. The number of aryl methyl sites for hydroxylation is 3. The third kappa shape index (κ3) is 4.85. The molecular weight excluding hydrogens is 416 g/mol. The number of piperidine rings is 1. The molecule has 1 amide bonds. The van der Waals surface area contributed by atoms with E-state index in [0.717, 1.165) is 16.7 Å². The zero-order valence-corrected chi connectivity index (χ0v) is 19.5. The fourth-order valence-electron chi connectivity index (χ4n) is 4.22. The third-order valence-electron chi connectivity index (χ3n) is 5.62. The highest BCUT2D eigenvalue weighted by Gasteiger charge is 2.35. The predicted octanol–water partition coefficient (Wildman–Crippen LogP) is 3.67. The summed E-state index contributed by atoms with van der Waals surface area (Å²) in [5.41, 5.74) is 2.98. The van der Waals surface area contributed by atoms with Crippen LogP contribution in [0.25, 0.3) is 0 Å². The molecule has 0 unspecified atom stereocenters. The SMILES string of the molecule is COc1ccc(OC)c(NC(=O)[C@H]2CCCN(S(=O)(=O)c3c(C)cc(C)cc3C)C2)c1. The Morgan fingerprint density at radius 1 is 1.06 bits per heavy atom. The van der Waals surface area contributed by atoms with E-state index in [1.165, 1.54) is 11.4 Å². The van der Waals surface area contributed by atoms with Gasteiger partial charge >= 0.3 is 0 Å². The Hall–Kier alpha value is -2.58. The van der Waals surface area contributed by atoms with Crippen LogP contribution in [0, 0.1) is 26.7 Å². The van der Waals surface area contributed by atoms with Crippen LogP contribution in [0.15, 0.2) is 35.2 Å². The number of methoxy groups -OCH3 is 2. The number of carbonyl (C=O) groups excluding carboxylic acids is 1. The van der Waals surface area contributed by atoms with E-state index in [2.05, 4.69) is 5.32 Å². The van der Waals surface area contributed by atoms with E-state index in [1.807, 2.05) is 32.9 Å². The molecule has 1 atom stereocenters. The highest BCUT2D eigenvalue weighted by molar-refractivity contribution is 7.89. The van der Waals surface area contributed by atoms with Crippen LogP contribution in [0.5, 0.6) is 11.5 Å². The minimum absolute atomic E-state index is 0.146. The third-order valence-corrected chi connectivity index (χ3v) is 7.79. The monoisotopic (exact) mass is 446 g/mol. The van der Waals surface area contributed by atoms with E-state index in [9.17, 15) is 13.2 Å². The standard InChI is InChI=1S/C23H30N2O5S/c1-15-11-16(2)22(17(3)12-15)31(27,28)25-10-6-7-18(14-25)23(26)24-20-13-19(29-4)8-9-21(20)30-5/h8-9,11-13,18H,6-7,10,14H2,1-5H3,(H,24,26)/t18-/m0/s1. The molecule has 168 valence electrons. The van der Waals surface area contributed by atoms with Crippen molar-refractivity contribution in [3.63, 3.8) is 0 Å². The van der Waals surface area contributed by atoms with Gasteiger partial charge in [-0.2, -0.15) is 4.31 Å². The van der Waals surface area contributed by atoms with Gasteiger partial charge in [0.15, 0.2) is 0 Å². The van der Waals surface area contributed by atoms with Gasteiger partial charge in [0.25, 0.3) is 0 Å². The van der Waals surface area contributed by atoms with Crippen molar-refractivity contribution in [3.8, 4) is 11.5 Å². The molecule has 8 heteroatoms. The van der Waals surface area contributed by atoms with Gasteiger partial charge in [-0.25, -0.2) is 8.42 Å². The number of carbonyl (C=O) groups is 1. The van der Waals surface area contributed by atoms with E-state index >= 15 is 0 Å². The Kier molecular flexibility index (Phi) is 6.91. The number of amides is 1. The lowest BCUT2D eigenvalue weighted by atomic mass is 9.98. The first-order valence-corrected chi connectivity index (χ1v) is 11.7. The molecule has 0 bridgehead atoms. The molecule has 0 aromatic heterocycles. The molecule has 0 radical (unpaired) electrons. The van der Waals surface area contributed by atoms with Crippen molar-refractivity contribution < 1.29 is 22.7 Å². The van der Waals surface area contributed by atoms with Crippen LogP contribution in [-0.2, 0) is 14.8 Å². The number of rotatable bonds is 6. The summed E-state index contributed by atoms with van der Waals surface area (Å²) in [6.07, 6.45) is 1.24. The van der Waals surface area contributed by atoms with Crippen LogP contribution in [0.3, 0.4) is 0 Å². The van der Waals surface area contributed by atoms with Gasteiger partial charge in [0.1, 0.15) is 11.5 Å². The molecule has 2 aromatic carbocycles. The van der Waals surface area contributed by atoms with Gasteiger partial charge in [-0.3, -0.25) is 4.79 Å². The normalized spacial score (nSPS) is 17.3. The van der Waals surface area contributed by atoms with E-state index in [1.54, 1.807) is 25.3 Å². The summed E-state index contributed by atoms with van der Waals surface area (Å²) in [6.45, 7) is 6.13. The van der Waals surface area contributed by atoms with Crippen molar-refractivity contribution in [3.05, 3.63) is 47.0 Å². The lowest BCUT2D eigenvalue weighted by Gasteiger charge is -2.32. The fourth-order valence-corrected chi connectivity index (χ4v) is 6.16. The average molecular weight is 447 g/mol. The highest BCUT2D eigenvalue weighted by atomic mass is 32.2. The molecule has 0 saturated carbocycles. The van der Waals surface area contributed by atoms with E-state index in [0.29, 0.717) is 41.5 Å². The first-order valence-electron chi connectivity index (χ1n) is 10.3. The molecule has 1 aliphatic rings. The summed E-state index contributed by atoms with van der Waals surface area (Å²) < 4.78 is 38.8. The highest BCUT2D eigenvalue weighted by Crippen LogP contribution is 2.32. The largest absolute Gasteiger partial charge is 0.497 e. The number of nitrogens with zero attached hydrogens (tertiary/aromatic N) is 1. The van der Waals surface area contributed by atoms with Gasteiger partial charge in [-0.05, 0) is 56.9 Å². The second kappa shape index (κ2) is 9.28. The first-order chi connectivity index (χ1) is 14.7. The van der Waals surface area contributed by atoms with Gasteiger partial charge in [0, 0.05) is 19.2 Å². The number of nitrogens with one attached hydrogen (secondary N) is 1. The van der Waals surface area contributed by atoms with Crippen LogP contribution in [-0.4, -0.2) is 45.9 Å². The molecule has 31 heavy (non-hydrogen) atoms. The molecule has 1 saturated heterocycles. The molecule has 2 aromatic rings. The van der Waals surface area contributed by atoms with Crippen LogP contribution >= 0.6 is 0 Å². The average Bonchev–Trinajstić information content (AvgIpc) is 2.72.